The molecular formula is C30H34Cl3N3O4S. The molecule has 0 aliphatic heterocycles. The monoisotopic (exact) mass is 637 g/mol. The number of nitrogens with one attached hydrogen (secondary N) is 1. The first-order chi connectivity index (χ1) is 19.2. The lowest BCUT2D eigenvalue weighted by Crippen LogP contribution is -2.52. The normalized spacial score (nSPS) is 12.9. The maximum atomic E-state index is 14.1. The standard InChI is InChI=1S/C30H34Cl3N3O4S/c1-6-21(4)34-30(38)22(5)35(17-23-10-14-26(32)27(33)15-23)29(37)18-36(28-16-24(31)11-9-20(28)3)41(39,40)25-12-7-19(2)8-13-25/h7-16,21-22H,6,17-18H2,1-5H3,(H,34,38). The summed E-state index contributed by atoms with van der Waals surface area (Å²) in [5, 5.41) is 3.87. The highest BCUT2D eigenvalue weighted by Gasteiger charge is 2.33. The van der Waals surface area contributed by atoms with Gasteiger partial charge in [0.25, 0.3) is 10.0 Å². The van der Waals surface area contributed by atoms with Crippen LogP contribution in [0.2, 0.25) is 15.1 Å². The Balaban J connectivity index is 2.08. The third-order valence-electron chi connectivity index (χ3n) is 6.83. The van der Waals surface area contributed by atoms with Crippen LogP contribution in [-0.2, 0) is 26.2 Å². The second-order valence-electron chi connectivity index (χ2n) is 10.0. The van der Waals surface area contributed by atoms with E-state index in [4.69, 9.17) is 34.8 Å². The molecule has 41 heavy (non-hydrogen) atoms. The van der Waals surface area contributed by atoms with Crippen molar-refractivity contribution in [1.29, 1.82) is 0 Å². The molecular weight excluding hydrogens is 605 g/mol. The molecule has 3 aromatic carbocycles. The van der Waals surface area contributed by atoms with Crippen LogP contribution in [0.1, 0.15) is 43.9 Å². The molecule has 0 bridgehead atoms. The maximum absolute atomic E-state index is 14.1. The summed E-state index contributed by atoms with van der Waals surface area (Å²) in [6, 6.07) is 15.1. The molecule has 0 saturated heterocycles. The summed E-state index contributed by atoms with van der Waals surface area (Å²) >= 11 is 18.6. The number of benzene rings is 3. The van der Waals surface area contributed by atoms with E-state index in [1.807, 2.05) is 20.8 Å². The molecule has 0 radical (unpaired) electrons. The van der Waals surface area contributed by atoms with Crippen molar-refractivity contribution in [2.24, 2.45) is 0 Å². The molecule has 3 aromatic rings. The zero-order valence-corrected chi connectivity index (χ0v) is 26.7. The number of amides is 2. The molecule has 2 amide bonds. The summed E-state index contributed by atoms with van der Waals surface area (Å²) in [5.74, 6) is -0.947. The SMILES string of the molecule is CCC(C)NC(=O)C(C)N(Cc1ccc(Cl)c(Cl)c1)C(=O)CN(c1cc(Cl)ccc1C)S(=O)(=O)c1ccc(C)cc1. The maximum Gasteiger partial charge on any atom is 0.264 e. The average molecular weight is 639 g/mol. The molecule has 0 aromatic heterocycles. The summed E-state index contributed by atoms with van der Waals surface area (Å²) < 4.78 is 29.0. The van der Waals surface area contributed by atoms with Gasteiger partial charge in [-0.2, -0.15) is 0 Å². The largest absolute Gasteiger partial charge is 0.352 e. The molecule has 220 valence electrons. The number of carbonyl (C=O) groups is 2. The highest BCUT2D eigenvalue weighted by atomic mass is 35.5. The number of rotatable bonds is 11. The van der Waals surface area contributed by atoms with Crippen LogP contribution in [0.4, 0.5) is 5.69 Å². The Morgan fingerprint density at radius 3 is 2.17 bits per heavy atom. The van der Waals surface area contributed by atoms with E-state index in [1.165, 1.54) is 23.1 Å². The van der Waals surface area contributed by atoms with Gasteiger partial charge in [0.15, 0.2) is 0 Å². The molecule has 2 atom stereocenters. The molecule has 0 saturated carbocycles. The van der Waals surface area contributed by atoms with Gasteiger partial charge in [-0.25, -0.2) is 8.42 Å². The van der Waals surface area contributed by atoms with Crippen molar-refractivity contribution < 1.29 is 18.0 Å². The Labute approximate surface area is 257 Å². The van der Waals surface area contributed by atoms with Crippen LogP contribution in [0.15, 0.2) is 65.6 Å². The van der Waals surface area contributed by atoms with Crippen LogP contribution >= 0.6 is 34.8 Å². The Morgan fingerprint density at radius 2 is 1.56 bits per heavy atom. The van der Waals surface area contributed by atoms with Crippen molar-refractivity contribution in [1.82, 2.24) is 10.2 Å². The number of hydrogen-bond acceptors (Lipinski definition) is 4. The Bertz CT molecular complexity index is 1510. The second-order valence-corrected chi connectivity index (χ2v) is 13.1. The molecule has 0 fully saturated rings. The predicted molar refractivity (Wildman–Crippen MR) is 166 cm³/mol. The Kier molecular flexibility index (Phi) is 11.1. The molecule has 0 aliphatic rings. The van der Waals surface area contributed by atoms with Crippen molar-refractivity contribution in [3.8, 4) is 0 Å². The summed E-state index contributed by atoms with van der Waals surface area (Å²) in [6.45, 7) is 8.44. The predicted octanol–water partition coefficient (Wildman–Crippen LogP) is 6.79. The number of nitrogens with zero attached hydrogens (tertiary/aromatic N) is 2. The van der Waals surface area contributed by atoms with Gasteiger partial charge in [0, 0.05) is 17.6 Å². The number of anilines is 1. The van der Waals surface area contributed by atoms with Gasteiger partial charge in [-0.1, -0.05) is 71.6 Å². The zero-order chi connectivity index (χ0) is 30.5. The molecule has 11 heteroatoms. The van der Waals surface area contributed by atoms with Gasteiger partial charge in [0.05, 0.1) is 20.6 Å². The number of aryl methyl sites for hydroxylation is 2. The Morgan fingerprint density at radius 1 is 0.902 bits per heavy atom. The minimum Gasteiger partial charge on any atom is -0.352 e. The van der Waals surface area contributed by atoms with Crippen LogP contribution in [0.5, 0.6) is 0 Å². The molecule has 1 N–H and O–H groups in total. The van der Waals surface area contributed by atoms with Crippen molar-refractivity contribution in [2.75, 3.05) is 10.8 Å². The van der Waals surface area contributed by atoms with E-state index in [-0.39, 0.29) is 29.1 Å². The third kappa shape index (κ3) is 8.16. The molecule has 0 aliphatic carbocycles. The van der Waals surface area contributed by atoms with Gasteiger partial charge in [-0.05, 0) is 81.6 Å². The van der Waals surface area contributed by atoms with Crippen LogP contribution in [0.25, 0.3) is 0 Å². The summed E-state index contributed by atoms with van der Waals surface area (Å²) in [6.07, 6.45) is 0.704. The quantitative estimate of drug-likeness (QED) is 0.251. The van der Waals surface area contributed by atoms with Crippen molar-refractivity contribution in [3.05, 3.63) is 92.4 Å². The number of hydrogen-bond donors (Lipinski definition) is 1. The highest BCUT2D eigenvalue weighted by molar-refractivity contribution is 7.92. The topological polar surface area (TPSA) is 86.8 Å². The zero-order valence-electron chi connectivity index (χ0n) is 23.6. The van der Waals surface area contributed by atoms with Gasteiger partial charge in [0.1, 0.15) is 12.6 Å². The van der Waals surface area contributed by atoms with Crippen LogP contribution < -0.4 is 9.62 Å². The van der Waals surface area contributed by atoms with Crippen LogP contribution in [-0.4, -0.2) is 43.8 Å². The van der Waals surface area contributed by atoms with Gasteiger partial charge in [0.2, 0.25) is 11.8 Å². The average Bonchev–Trinajstić information content (AvgIpc) is 2.93. The van der Waals surface area contributed by atoms with Crippen LogP contribution in [0, 0.1) is 13.8 Å². The lowest BCUT2D eigenvalue weighted by atomic mass is 10.1. The highest BCUT2D eigenvalue weighted by Crippen LogP contribution is 2.30. The first-order valence-electron chi connectivity index (χ1n) is 13.1. The second kappa shape index (κ2) is 13.9. The smallest absolute Gasteiger partial charge is 0.264 e. The van der Waals surface area contributed by atoms with E-state index in [1.54, 1.807) is 56.3 Å². The fourth-order valence-electron chi connectivity index (χ4n) is 4.08. The molecule has 7 nitrogen and oxygen atoms in total. The summed E-state index contributed by atoms with van der Waals surface area (Å²) in [7, 11) is -4.20. The number of halogens is 3. The minimum absolute atomic E-state index is 0.00222. The van der Waals surface area contributed by atoms with E-state index in [2.05, 4.69) is 5.32 Å². The van der Waals surface area contributed by atoms with E-state index in [0.29, 0.717) is 32.6 Å². The Hall–Kier alpha value is -2.78. The molecule has 0 heterocycles. The summed E-state index contributed by atoms with van der Waals surface area (Å²) in [5.41, 5.74) is 2.39. The first-order valence-corrected chi connectivity index (χ1v) is 15.7. The van der Waals surface area contributed by atoms with Gasteiger partial charge < -0.3 is 10.2 Å². The lowest BCUT2D eigenvalue weighted by Gasteiger charge is -2.33. The summed E-state index contributed by atoms with van der Waals surface area (Å²) in [4.78, 5) is 28.6. The van der Waals surface area contributed by atoms with E-state index in [0.717, 1.165) is 9.87 Å². The van der Waals surface area contributed by atoms with E-state index < -0.39 is 28.5 Å². The van der Waals surface area contributed by atoms with Crippen molar-refractivity contribution in [2.45, 2.75) is 64.6 Å². The van der Waals surface area contributed by atoms with Crippen molar-refractivity contribution in [3.63, 3.8) is 0 Å². The third-order valence-corrected chi connectivity index (χ3v) is 9.58. The van der Waals surface area contributed by atoms with Crippen molar-refractivity contribution >= 4 is 62.3 Å². The number of carbonyl (C=O) groups excluding carboxylic acids is 2. The lowest BCUT2D eigenvalue weighted by molar-refractivity contribution is -0.139. The van der Waals surface area contributed by atoms with Gasteiger partial charge in [-0.15, -0.1) is 0 Å². The fourth-order valence-corrected chi connectivity index (χ4v) is 6.04. The van der Waals surface area contributed by atoms with E-state index in [9.17, 15) is 18.0 Å². The van der Waals surface area contributed by atoms with Gasteiger partial charge in [-0.3, -0.25) is 13.9 Å². The molecule has 2 unspecified atom stereocenters. The first kappa shape index (κ1) is 32.7. The fraction of sp³-hybridized carbons (Fsp3) is 0.333. The molecule has 0 spiro atoms. The van der Waals surface area contributed by atoms with E-state index >= 15 is 0 Å². The minimum atomic E-state index is -4.20. The van der Waals surface area contributed by atoms with Gasteiger partial charge >= 0.3 is 0 Å². The molecule has 3 rings (SSSR count). The number of sulfonamides is 1. The van der Waals surface area contributed by atoms with Crippen LogP contribution in [0.3, 0.4) is 0 Å².